The molecule has 76 valence electrons. The van der Waals surface area contributed by atoms with Crippen molar-refractivity contribution in [2.45, 2.75) is 13.0 Å². The van der Waals surface area contributed by atoms with E-state index in [0.717, 1.165) is 0 Å². The topological polar surface area (TPSA) is 92.4 Å². The third-order valence-corrected chi connectivity index (χ3v) is 1.09. The molecule has 0 aromatic rings. The molecule has 0 saturated carbocycles. The van der Waals surface area contributed by atoms with Gasteiger partial charge in [0.1, 0.15) is 6.04 Å². The molecule has 0 radical (unpaired) electrons. The maximum atomic E-state index is 10.5. The third-order valence-electron chi connectivity index (χ3n) is 1.09. The summed E-state index contributed by atoms with van der Waals surface area (Å²) in [6, 6.07) is -0.981. The van der Waals surface area contributed by atoms with Gasteiger partial charge in [-0.3, -0.25) is 4.79 Å². The SMILES string of the molecule is CC(=O)NC(C=CCN)C(=O)O.Cl. The van der Waals surface area contributed by atoms with Crippen LogP contribution < -0.4 is 11.1 Å². The number of carbonyl (C=O) groups excluding carboxylic acids is 1. The molecular weight excluding hydrogens is 196 g/mol. The van der Waals surface area contributed by atoms with Crippen LogP contribution in [0.25, 0.3) is 0 Å². The summed E-state index contributed by atoms with van der Waals surface area (Å²) < 4.78 is 0. The van der Waals surface area contributed by atoms with Gasteiger partial charge in [0, 0.05) is 13.5 Å². The van der Waals surface area contributed by atoms with Gasteiger partial charge < -0.3 is 16.2 Å². The average molecular weight is 209 g/mol. The highest BCUT2D eigenvalue weighted by Gasteiger charge is 2.13. The molecule has 0 fully saturated rings. The van der Waals surface area contributed by atoms with E-state index in [4.69, 9.17) is 10.8 Å². The number of halogens is 1. The number of nitrogens with one attached hydrogen (secondary N) is 1. The molecule has 5 nitrogen and oxygen atoms in total. The normalized spacial score (nSPS) is 11.8. The minimum Gasteiger partial charge on any atom is -0.479 e. The van der Waals surface area contributed by atoms with Gasteiger partial charge >= 0.3 is 5.97 Å². The van der Waals surface area contributed by atoms with E-state index in [1.54, 1.807) is 0 Å². The van der Waals surface area contributed by atoms with Crippen LogP contribution in [0.3, 0.4) is 0 Å². The minimum absolute atomic E-state index is 0. The second-order valence-electron chi connectivity index (χ2n) is 2.18. The van der Waals surface area contributed by atoms with E-state index in [0.29, 0.717) is 0 Å². The fraction of sp³-hybridized carbons (Fsp3) is 0.429. The number of amides is 1. The van der Waals surface area contributed by atoms with Crippen molar-refractivity contribution in [3.63, 3.8) is 0 Å². The highest BCUT2D eigenvalue weighted by molar-refractivity contribution is 5.85. The van der Waals surface area contributed by atoms with Gasteiger partial charge in [-0.1, -0.05) is 12.2 Å². The lowest BCUT2D eigenvalue weighted by atomic mass is 10.2. The quantitative estimate of drug-likeness (QED) is 0.544. The molecule has 0 aromatic heterocycles. The highest BCUT2D eigenvalue weighted by atomic mass is 35.5. The van der Waals surface area contributed by atoms with E-state index >= 15 is 0 Å². The van der Waals surface area contributed by atoms with Crippen LogP contribution in [-0.2, 0) is 9.59 Å². The number of hydrogen-bond acceptors (Lipinski definition) is 3. The van der Waals surface area contributed by atoms with Crippen molar-refractivity contribution in [2.75, 3.05) is 6.54 Å². The molecular formula is C7H13ClN2O3. The van der Waals surface area contributed by atoms with Gasteiger partial charge in [-0.2, -0.15) is 0 Å². The van der Waals surface area contributed by atoms with Crippen LogP contribution in [0, 0.1) is 0 Å². The van der Waals surface area contributed by atoms with Gasteiger partial charge in [-0.05, 0) is 0 Å². The van der Waals surface area contributed by atoms with Crippen molar-refractivity contribution in [3.05, 3.63) is 12.2 Å². The molecule has 13 heavy (non-hydrogen) atoms. The monoisotopic (exact) mass is 208 g/mol. The first-order valence-electron chi connectivity index (χ1n) is 3.44. The summed E-state index contributed by atoms with van der Waals surface area (Å²) in [5.74, 6) is -1.49. The Labute approximate surface area is 82.4 Å². The van der Waals surface area contributed by atoms with Crippen LogP contribution in [0.4, 0.5) is 0 Å². The van der Waals surface area contributed by atoms with Gasteiger partial charge in [0.25, 0.3) is 0 Å². The Morgan fingerprint density at radius 1 is 1.62 bits per heavy atom. The second-order valence-corrected chi connectivity index (χ2v) is 2.18. The predicted molar refractivity (Wildman–Crippen MR) is 50.7 cm³/mol. The first-order chi connectivity index (χ1) is 5.57. The molecule has 1 unspecified atom stereocenters. The van der Waals surface area contributed by atoms with Gasteiger partial charge in [-0.15, -0.1) is 12.4 Å². The number of hydrogen-bond donors (Lipinski definition) is 3. The van der Waals surface area contributed by atoms with Crippen molar-refractivity contribution in [3.8, 4) is 0 Å². The molecule has 0 aromatic carbocycles. The van der Waals surface area contributed by atoms with Crippen LogP contribution in [0.1, 0.15) is 6.92 Å². The van der Waals surface area contributed by atoms with Crippen LogP contribution in [-0.4, -0.2) is 29.6 Å². The molecule has 0 saturated heterocycles. The number of carbonyl (C=O) groups is 2. The van der Waals surface area contributed by atoms with E-state index in [9.17, 15) is 9.59 Å². The molecule has 0 heterocycles. The standard InChI is InChI=1S/C7H12N2O3.ClH/c1-5(10)9-6(7(11)12)3-2-4-8;/h2-3,6H,4,8H2,1H3,(H,9,10)(H,11,12);1H. The van der Waals surface area contributed by atoms with Gasteiger partial charge in [0.15, 0.2) is 0 Å². The summed E-state index contributed by atoms with van der Waals surface area (Å²) >= 11 is 0. The van der Waals surface area contributed by atoms with Crippen LogP contribution in [0.2, 0.25) is 0 Å². The van der Waals surface area contributed by atoms with Crippen molar-refractivity contribution in [1.82, 2.24) is 5.32 Å². The summed E-state index contributed by atoms with van der Waals surface area (Å²) in [7, 11) is 0. The molecule has 0 aliphatic heterocycles. The molecule has 0 rings (SSSR count). The van der Waals surface area contributed by atoms with Gasteiger partial charge in [0.05, 0.1) is 0 Å². The number of carboxylic acids is 1. The number of carboxylic acid groups (broad SMARTS) is 1. The van der Waals surface area contributed by atoms with Crippen LogP contribution in [0.15, 0.2) is 12.2 Å². The summed E-state index contributed by atoms with van der Waals surface area (Å²) in [5.41, 5.74) is 5.12. The lowest BCUT2D eigenvalue weighted by molar-refractivity contribution is -0.140. The van der Waals surface area contributed by atoms with Crippen LogP contribution in [0.5, 0.6) is 0 Å². The lowest BCUT2D eigenvalue weighted by Crippen LogP contribution is -2.38. The van der Waals surface area contributed by atoms with Gasteiger partial charge in [0.2, 0.25) is 5.91 Å². The second kappa shape index (κ2) is 7.57. The summed E-state index contributed by atoms with van der Waals surface area (Å²) in [4.78, 5) is 20.9. The Morgan fingerprint density at radius 3 is 2.46 bits per heavy atom. The highest BCUT2D eigenvalue weighted by Crippen LogP contribution is 1.86. The summed E-state index contributed by atoms with van der Waals surface area (Å²) in [5, 5.41) is 10.8. The lowest BCUT2D eigenvalue weighted by Gasteiger charge is -2.07. The third kappa shape index (κ3) is 7.30. The fourth-order valence-corrected chi connectivity index (χ4v) is 0.626. The van der Waals surface area contributed by atoms with Crippen molar-refractivity contribution < 1.29 is 14.7 Å². The fourth-order valence-electron chi connectivity index (χ4n) is 0.626. The molecule has 1 amide bonds. The molecule has 0 aliphatic carbocycles. The minimum atomic E-state index is -1.10. The molecule has 0 bridgehead atoms. The molecule has 0 aliphatic rings. The molecule has 1 atom stereocenters. The first kappa shape index (κ1) is 14.5. The van der Waals surface area contributed by atoms with Crippen molar-refractivity contribution >= 4 is 24.3 Å². The number of aliphatic carboxylic acids is 1. The maximum Gasteiger partial charge on any atom is 0.330 e. The molecule has 6 heteroatoms. The summed E-state index contributed by atoms with van der Waals surface area (Å²) in [6.45, 7) is 1.51. The van der Waals surface area contributed by atoms with Gasteiger partial charge in [-0.25, -0.2) is 4.79 Å². The molecule has 0 spiro atoms. The largest absolute Gasteiger partial charge is 0.479 e. The number of nitrogens with two attached hydrogens (primary N) is 1. The van der Waals surface area contributed by atoms with E-state index in [1.807, 2.05) is 0 Å². The van der Waals surface area contributed by atoms with E-state index < -0.39 is 12.0 Å². The Kier molecular flexibility index (Phi) is 8.42. The maximum absolute atomic E-state index is 10.5. The first-order valence-corrected chi connectivity index (χ1v) is 3.44. The zero-order chi connectivity index (χ0) is 9.56. The Balaban J connectivity index is 0. The van der Waals surface area contributed by atoms with E-state index in [2.05, 4.69) is 5.32 Å². The molecule has 4 N–H and O–H groups in total. The Bertz CT molecular complexity index is 206. The zero-order valence-corrected chi connectivity index (χ0v) is 8.00. The van der Waals surface area contributed by atoms with Crippen LogP contribution >= 0.6 is 12.4 Å². The van der Waals surface area contributed by atoms with E-state index in [1.165, 1.54) is 19.1 Å². The average Bonchev–Trinajstić information content (AvgIpc) is 1.96. The summed E-state index contributed by atoms with van der Waals surface area (Å²) in [6.07, 6.45) is 2.82. The zero-order valence-electron chi connectivity index (χ0n) is 7.19. The van der Waals surface area contributed by atoms with Crippen molar-refractivity contribution in [2.24, 2.45) is 5.73 Å². The predicted octanol–water partition coefficient (Wildman–Crippen LogP) is -0.488. The smallest absolute Gasteiger partial charge is 0.330 e. The Morgan fingerprint density at radius 2 is 2.15 bits per heavy atom. The number of rotatable bonds is 4. The van der Waals surface area contributed by atoms with Crippen molar-refractivity contribution in [1.29, 1.82) is 0 Å². The Hall–Kier alpha value is -1.07. The van der Waals surface area contributed by atoms with E-state index in [-0.39, 0.29) is 24.9 Å².